The van der Waals surface area contributed by atoms with Gasteiger partial charge in [0.1, 0.15) is 12.3 Å². The zero-order chi connectivity index (χ0) is 29.2. The van der Waals surface area contributed by atoms with Crippen LogP contribution in [-0.2, 0) is 22.6 Å². The quantitative estimate of drug-likeness (QED) is 0.0935. The van der Waals surface area contributed by atoms with Gasteiger partial charge < -0.3 is 30.9 Å². The normalized spacial score (nSPS) is 10.4. The van der Waals surface area contributed by atoms with E-state index in [2.05, 4.69) is 5.32 Å². The average Bonchev–Trinajstić information content (AvgIpc) is 2.89. The lowest BCUT2D eigenvalue weighted by Crippen LogP contribution is -2.35. The number of aromatic carboxylic acids is 1. The van der Waals surface area contributed by atoms with Crippen LogP contribution in [-0.4, -0.2) is 51.4 Å². The standard InChI is InChI=1S/C28H27ClN4O7/c29-23-14-22(40-27(39)19-7-10-21(11-8-19)32-28(30)31)12-9-18(23)4-2-6-24(34)33(16-25(35)36)15-17-3-1-5-20(13-17)26(37)38/h1,3,5,7-14H,2,4,6,15-16H2,(H,35,36)(H,37,38)(H4,30,31,32). The number of nitrogens with zero attached hydrogens (tertiary/aromatic N) is 1. The minimum absolute atomic E-state index is 0.0386. The van der Waals surface area contributed by atoms with Crippen molar-refractivity contribution in [2.45, 2.75) is 25.8 Å². The van der Waals surface area contributed by atoms with Gasteiger partial charge in [-0.05, 0) is 72.5 Å². The summed E-state index contributed by atoms with van der Waals surface area (Å²) < 4.78 is 5.38. The van der Waals surface area contributed by atoms with Gasteiger partial charge in [0.25, 0.3) is 0 Å². The second-order valence-corrected chi connectivity index (χ2v) is 9.17. The first-order chi connectivity index (χ1) is 19.0. The molecule has 208 valence electrons. The van der Waals surface area contributed by atoms with Crippen LogP contribution in [0.3, 0.4) is 0 Å². The average molecular weight is 567 g/mol. The van der Waals surface area contributed by atoms with E-state index in [4.69, 9.17) is 32.6 Å². The van der Waals surface area contributed by atoms with Crippen molar-refractivity contribution < 1.29 is 34.1 Å². The number of aliphatic carboxylic acids is 1. The molecule has 0 spiro atoms. The Hall–Kier alpha value is -4.90. The molecule has 3 rings (SSSR count). The number of nitrogens with one attached hydrogen (secondary N) is 2. The van der Waals surface area contributed by atoms with E-state index in [0.717, 1.165) is 4.90 Å². The summed E-state index contributed by atoms with van der Waals surface area (Å²) in [6, 6.07) is 17.0. The summed E-state index contributed by atoms with van der Waals surface area (Å²) >= 11 is 6.37. The Morgan fingerprint density at radius 2 is 1.70 bits per heavy atom. The zero-order valence-electron chi connectivity index (χ0n) is 21.2. The molecule has 0 atom stereocenters. The summed E-state index contributed by atoms with van der Waals surface area (Å²) in [5.74, 6) is -3.29. The highest BCUT2D eigenvalue weighted by atomic mass is 35.5. The number of ether oxygens (including phenoxy) is 1. The van der Waals surface area contributed by atoms with Crippen LogP contribution in [0.2, 0.25) is 5.02 Å². The molecule has 11 nitrogen and oxygen atoms in total. The largest absolute Gasteiger partial charge is 0.480 e. The van der Waals surface area contributed by atoms with Crippen molar-refractivity contribution in [2.75, 3.05) is 11.9 Å². The molecular formula is C28H27ClN4O7. The third-order valence-electron chi connectivity index (χ3n) is 5.70. The number of benzene rings is 3. The highest BCUT2D eigenvalue weighted by molar-refractivity contribution is 6.31. The number of hydrogen-bond donors (Lipinski definition) is 5. The molecule has 12 heteroatoms. The number of carboxylic acids is 2. The number of carboxylic acid groups (broad SMARTS) is 2. The SMILES string of the molecule is N=C(N)Nc1ccc(C(=O)Oc2ccc(CCCC(=O)N(CC(=O)O)Cc3cccc(C(=O)O)c3)c(Cl)c2)cc1. The van der Waals surface area contributed by atoms with Gasteiger partial charge in [-0.3, -0.25) is 15.0 Å². The number of rotatable bonds is 12. The predicted molar refractivity (Wildman–Crippen MR) is 148 cm³/mol. The fourth-order valence-electron chi connectivity index (χ4n) is 3.81. The van der Waals surface area contributed by atoms with Crippen molar-refractivity contribution in [1.29, 1.82) is 5.41 Å². The predicted octanol–water partition coefficient (Wildman–Crippen LogP) is 4.00. The Bertz CT molecular complexity index is 1430. The van der Waals surface area contributed by atoms with Gasteiger partial charge in [-0.1, -0.05) is 29.8 Å². The fraction of sp³-hybridized carbons (Fsp3) is 0.179. The summed E-state index contributed by atoms with van der Waals surface area (Å²) in [6.07, 6.45) is 0.843. The monoisotopic (exact) mass is 566 g/mol. The van der Waals surface area contributed by atoms with Crippen LogP contribution in [0, 0.1) is 5.41 Å². The van der Waals surface area contributed by atoms with E-state index in [0.29, 0.717) is 34.7 Å². The fourth-order valence-corrected chi connectivity index (χ4v) is 4.08. The number of carbonyl (C=O) groups is 4. The Kier molecular flexibility index (Phi) is 10.2. The topological polar surface area (TPSA) is 183 Å². The van der Waals surface area contributed by atoms with Gasteiger partial charge in [0.05, 0.1) is 11.1 Å². The maximum Gasteiger partial charge on any atom is 0.343 e. The number of nitrogens with two attached hydrogens (primary N) is 1. The Morgan fingerprint density at radius 3 is 2.33 bits per heavy atom. The van der Waals surface area contributed by atoms with E-state index in [1.807, 2.05) is 0 Å². The lowest BCUT2D eigenvalue weighted by molar-refractivity contribution is -0.144. The lowest BCUT2D eigenvalue weighted by Gasteiger charge is -2.21. The number of esters is 1. The number of carbonyl (C=O) groups excluding carboxylic acids is 2. The smallest absolute Gasteiger partial charge is 0.343 e. The number of amides is 1. The van der Waals surface area contributed by atoms with Gasteiger partial charge in [-0.15, -0.1) is 0 Å². The van der Waals surface area contributed by atoms with Crippen molar-refractivity contribution >= 4 is 47.1 Å². The van der Waals surface area contributed by atoms with Crippen molar-refractivity contribution in [3.05, 3.63) is 94.0 Å². The third kappa shape index (κ3) is 8.84. The molecule has 6 N–H and O–H groups in total. The van der Waals surface area contributed by atoms with Crippen LogP contribution in [0.25, 0.3) is 0 Å². The molecule has 3 aromatic rings. The molecule has 40 heavy (non-hydrogen) atoms. The highest BCUT2D eigenvalue weighted by Crippen LogP contribution is 2.25. The Balaban J connectivity index is 1.56. The number of anilines is 1. The minimum atomic E-state index is -1.18. The van der Waals surface area contributed by atoms with Crippen molar-refractivity contribution in [2.24, 2.45) is 5.73 Å². The van der Waals surface area contributed by atoms with Crippen molar-refractivity contribution in [3.8, 4) is 5.75 Å². The molecule has 1 amide bonds. The number of hydrogen-bond acceptors (Lipinski definition) is 6. The molecule has 0 bridgehead atoms. The Labute approximate surface area is 234 Å². The minimum Gasteiger partial charge on any atom is -0.480 e. The van der Waals surface area contributed by atoms with Gasteiger partial charge in [0.2, 0.25) is 5.91 Å². The molecule has 0 aromatic heterocycles. The zero-order valence-corrected chi connectivity index (χ0v) is 22.0. The molecule has 0 unspecified atom stereocenters. The van der Waals surface area contributed by atoms with Gasteiger partial charge in [0, 0.05) is 23.7 Å². The first-order valence-corrected chi connectivity index (χ1v) is 12.4. The van der Waals surface area contributed by atoms with Crippen molar-refractivity contribution in [1.82, 2.24) is 4.90 Å². The molecule has 0 radical (unpaired) electrons. The van der Waals surface area contributed by atoms with Crippen LogP contribution in [0.1, 0.15) is 44.7 Å². The highest BCUT2D eigenvalue weighted by Gasteiger charge is 2.18. The molecule has 0 aliphatic rings. The summed E-state index contributed by atoms with van der Waals surface area (Å²) in [7, 11) is 0. The molecule has 3 aromatic carbocycles. The van der Waals surface area contributed by atoms with Crippen LogP contribution in [0.4, 0.5) is 5.69 Å². The van der Waals surface area contributed by atoms with Gasteiger partial charge in [-0.25, -0.2) is 9.59 Å². The molecule has 0 aliphatic carbocycles. The molecule has 0 fully saturated rings. The summed E-state index contributed by atoms with van der Waals surface area (Å²) in [6.45, 7) is -0.560. The Morgan fingerprint density at radius 1 is 0.975 bits per heavy atom. The van der Waals surface area contributed by atoms with E-state index >= 15 is 0 Å². The first kappa shape index (κ1) is 29.7. The lowest BCUT2D eigenvalue weighted by atomic mass is 10.1. The van der Waals surface area contributed by atoms with Crippen molar-refractivity contribution in [3.63, 3.8) is 0 Å². The molecule has 0 heterocycles. The summed E-state index contributed by atoms with van der Waals surface area (Å²) in [5.41, 5.74) is 7.38. The summed E-state index contributed by atoms with van der Waals surface area (Å²) in [4.78, 5) is 48.9. The third-order valence-corrected chi connectivity index (χ3v) is 6.05. The second-order valence-electron chi connectivity index (χ2n) is 8.76. The van der Waals surface area contributed by atoms with E-state index in [9.17, 15) is 24.3 Å². The molecule has 0 aliphatic heterocycles. The molecule has 0 saturated heterocycles. The number of guanidine groups is 1. The van der Waals surface area contributed by atoms with Gasteiger partial charge >= 0.3 is 17.9 Å². The summed E-state index contributed by atoms with van der Waals surface area (Å²) in [5, 5.41) is 28.6. The maximum absolute atomic E-state index is 12.8. The van der Waals surface area contributed by atoms with Crippen LogP contribution >= 0.6 is 11.6 Å². The number of aryl methyl sites for hydroxylation is 1. The molecule has 0 saturated carbocycles. The van der Waals surface area contributed by atoms with Crippen LogP contribution in [0.15, 0.2) is 66.7 Å². The number of halogens is 1. The van der Waals surface area contributed by atoms with E-state index < -0.39 is 30.4 Å². The second kappa shape index (κ2) is 13.8. The van der Waals surface area contributed by atoms with Crippen LogP contribution < -0.4 is 15.8 Å². The van der Waals surface area contributed by atoms with E-state index in [-0.39, 0.29) is 35.8 Å². The van der Waals surface area contributed by atoms with Crippen LogP contribution in [0.5, 0.6) is 5.75 Å². The van der Waals surface area contributed by atoms with E-state index in [1.54, 1.807) is 30.3 Å². The molecular weight excluding hydrogens is 540 g/mol. The van der Waals surface area contributed by atoms with Gasteiger partial charge in [-0.2, -0.15) is 0 Å². The maximum atomic E-state index is 12.8. The van der Waals surface area contributed by atoms with E-state index in [1.165, 1.54) is 36.4 Å². The first-order valence-electron chi connectivity index (χ1n) is 12.1. The van der Waals surface area contributed by atoms with Gasteiger partial charge in [0.15, 0.2) is 5.96 Å².